The lowest BCUT2D eigenvalue weighted by atomic mass is 10.2. The Labute approximate surface area is 117 Å². The molecule has 0 bridgehead atoms. The minimum absolute atomic E-state index is 0.164. The first kappa shape index (κ1) is 14.1. The van der Waals surface area contributed by atoms with E-state index in [0.717, 1.165) is 0 Å². The molecule has 0 saturated carbocycles. The molecule has 1 aromatic rings. The second-order valence-corrected chi connectivity index (χ2v) is 4.43. The van der Waals surface area contributed by atoms with Crippen LogP contribution >= 0.6 is 0 Å². The summed E-state index contributed by atoms with van der Waals surface area (Å²) in [6, 6.07) is 5.12. The molecule has 0 aliphatic carbocycles. The average molecular weight is 275 g/mol. The van der Waals surface area contributed by atoms with Crippen molar-refractivity contribution in [2.45, 2.75) is 13.0 Å². The van der Waals surface area contributed by atoms with E-state index >= 15 is 0 Å². The number of carbonyl (C=O) groups excluding carboxylic acids is 2. The summed E-state index contributed by atoms with van der Waals surface area (Å²) in [7, 11) is 0. The van der Waals surface area contributed by atoms with E-state index < -0.39 is 6.10 Å². The molecule has 3 N–H and O–H groups in total. The molecule has 106 valence electrons. The molecule has 0 radical (unpaired) electrons. The third-order valence-corrected chi connectivity index (χ3v) is 2.77. The molecule has 1 aromatic carbocycles. The second kappa shape index (κ2) is 6.21. The van der Waals surface area contributed by atoms with Crippen molar-refractivity contribution in [1.82, 2.24) is 5.32 Å². The quantitative estimate of drug-likeness (QED) is 0.556. The predicted octanol–water partition coefficient (Wildman–Crippen LogP) is 1.12. The number of ether oxygens (including phenoxy) is 1. The highest BCUT2D eigenvalue weighted by atomic mass is 16.5. The van der Waals surface area contributed by atoms with Crippen molar-refractivity contribution in [1.29, 1.82) is 0 Å². The van der Waals surface area contributed by atoms with E-state index in [9.17, 15) is 9.59 Å². The lowest BCUT2D eigenvalue weighted by Gasteiger charge is -2.23. The average Bonchev–Trinajstić information content (AvgIpc) is 2.41. The lowest BCUT2D eigenvalue weighted by Crippen LogP contribution is -2.34. The number of anilines is 2. The summed E-state index contributed by atoms with van der Waals surface area (Å²) in [6.45, 7) is 6.00. The van der Waals surface area contributed by atoms with Crippen LogP contribution in [0.4, 0.5) is 11.4 Å². The van der Waals surface area contributed by atoms with Gasteiger partial charge in [0.25, 0.3) is 5.91 Å². The molecule has 6 nitrogen and oxygen atoms in total. The van der Waals surface area contributed by atoms with Gasteiger partial charge in [0.05, 0.1) is 12.2 Å². The zero-order valence-corrected chi connectivity index (χ0v) is 11.2. The fraction of sp³-hybridized carbons (Fsp3) is 0.286. The van der Waals surface area contributed by atoms with Crippen LogP contribution in [0.1, 0.15) is 6.92 Å². The number of amides is 2. The van der Waals surface area contributed by atoms with Gasteiger partial charge < -0.3 is 20.7 Å². The molecule has 0 fully saturated rings. The van der Waals surface area contributed by atoms with Gasteiger partial charge in [-0.05, 0) is 25.1 Å². The van der Waals surface area contributed by atoms with Gasteiger partial charge in [0, 0.05) is 12.2 Å². The molecule has 2 rings (SSSR count). The summed E-state index contributed by atoms with van der Waals surface area (Å²) in [5.74, 6) is 0.233. The molecular formula is C14H17N3O3. The van der Waals surface area contributed by atoms with Gasteiger partial charge in [-0.2, -0.15) is 0 Å². The first-order valence-electron chi connectivity index (χ1n) is 6.33. The summed E-state index contributed by atoms with van der Waals surface area (Å²) < 4.78 is 5.44. The van der Waals surface area contributed by atoms with Gasteiger partial charge in [-0.3, -0.25) is 9.59 Å². The summed E-state index contributed by atoms with van der Waals surface area (Å²) in [5, 5.41) is 8.37. The predicted molar refractivity (Wildman–Crippen MR) is 76.9 cm³/mol. The molecule has 1 atom stereocenters. The van der Waals surface area contributed by atoms with Gasteiger partial charge in [0.2, 0.25) is 5.91 Å². The third kappa shape index (κ3) is 3.36. The van der Waals surface area contributed by atoms with Crippen LogP contribution in [0, 0.1) is 0 Å². The Kier molecular flexibility index (Phi) is 4.37. The molecule has 1 unspecified atom stereocenters. The first-order valence-corrected chi connectivity index (χ1v) is 6.33. The molecule has 2 amide bonds. The number of hydrogen-bond acceptors (Lipinski definition) is 4. The van der Waals surface area contributed by atoms with Crippen LogP contribution in [0.5, 0.6) is 5.75 Å². The minimum Gasteiger partial charge on any atom is -0.479 e. The molecule has 0 aromatic heterocycles. The maximum absolute atomic E-state index is 11.6. The van der Waals surface area contributed by atoms with E-state index in [4.69, 9.17) is 4.74 Å². The summed E-state index contributed by atoms with van der Waals surface area (Å²) in [5.41, 5.74) is 1.16. The van der Waals surface area contributed by atoms with Gasteiger partial charge in [0.15, 0.2) is 6.10 Å². The molecule has 1 aliphatic rings. The van der Waals surface area contributed by atoms with E-state index in [1.165, 1.54) is 0 Å². The minimum atomic E-state index is -0.508. The standard InChI is InChI=1S/C14H17N3O3/c1-3-6-15-8-13(18)16-10-4-5-12-11(7-10)17-14(19)9(2)20-12/h3-5,7,9,15H,1,6,8H2,2H3,(H,16,18)(H,17,19). The van der Waals surface area contributed by atoms with Gasteiger partial charge >= 0.3 is 0 Å². The normalized spacial score (nSPS) is 16.6. The fourth-order valence-corrected chi connectivity index (χ4v) is 1.78. The lowest BCUT2D eigenvalue weighted by molar-refractivity contribution is -0.122. The third-order valence-electron chi connectivity index (χ3n) is 2.77. The Morgan fingerprint density at radius 3 is 3.10 bits per heavy atom. The van der Waals surface area contributed by atoms with Crippen LogP contribution in [0.2, 0.25) is 0 Å². The molecule has 0 spiro atoms. The fourth-order valence-electron chi connectivity index (χ4n) is 1.78. The van der Waals surface area contributed by atoms with Crippen molar-refractivity contribution in [3.8, 4) is 5.75 Å². The molecule has 1 heterocycles. The van der Waals surface area contributed by atoms with E-state index in [1.807, 2.05) is 0 Å². The van der Waals surface area contributed by atoms with Crippen LogP contribution in [0.25, 0.3) is 0 Å². The highest BCUT2D eigenvalue weighted by Gasteiger charge is 2.23. The smallest absolute Gasteiger partial charge is 0.265 e. The maximum atomic E-state index is 11.6. The topological polar surface area (TPSA) is 79.5 Å². The van der Waals surface area contributed by atoms with Gasteiger partial charge in [-0.25, -0.2) is 0 Å². The molecule has 20 heavy (non-hydrogen) atoms. The zero-order valence-electron chi connectivity index (χ0n) is 11.2. The molecular weight excluding hydrogens is 258 g/mol. The summed E-state index contributed by atoms with van der Waals surface area (Å²) in [4.78, 5) is 23.2. The van der Waals surface area contributed by atoms with Crippen LogP contribution in [0.3, 0.4) is 0 Å². The van der Waals surface area contributed by atoms with Crippen molar-refractivity contribution in [2.75, 3.05) is 23.7 Å². The largest absolute Gasteiger partial charge is 0.479 e. The number of nitrogens with one attached hydrogen (secondary N) is 3. The van der Waals surface area contributed by atoms with Crippen molar-refractivity contribution in [2.24, 2.45) is 0 Å². The Balaban J connectivity index is 2.00. The molecule has 0 saturated heterocycles. The monoisotopic (exact) mass is 275 g/mol. The van der Waals surface area contributed by atoms with Crippen molar-refractivity contribution < 1.29 is 14.3 Å². The summed E-state index contributed by atoms with van der Waals surface area (Å²) in [6.07, 6.45) is 1.17. The maximum Gasteiger partial charge on any atom is 0.265 e. The number of fused-ring (bicyclic) bond motifs is 1. The number of rotatable bonds is 5. The summed E-state index contributed by atoms with van der Waals surface area (Å²) >= 11 is 0. The number of benzene rings is 1. The second-order valence-electron chi connectivity index (χ2n) is 4.43. The Morgan fingerprint density at radius 2 is 2.35 bits per heavy atom. The Bertz CT molecular complexity index is 542. The first-order chi connectivity index (χ1) is 9.60. The van der Waals surface area contributed by atoms with E-state index in [1.54, 1.807) is 31.2 Å². The van der Waals surface area contributed by atoms with Crippen LogP contribution in [-0.4, -0.2) is 31.0 Å². The number of carbonyl (C=O) groups is 2. The van der Waals surface area contributed by atoms with Crippen LogP contribution in [0.15, 0.2) is 30.9 Å². The van der Waals surface area contributed by atoms with Gasteiger partial charge in [0.1, 0.15) is 5.75 Å². The van der Waals surface area contributed by atoms with E-state index in [-0.39, 0.29) is 18.4 Å². The van der Waals surface area contributed by atoms with Crippen LogP contribution < -0.4 is 20.7 Å². The van der Waals surface area contributed by atoms with E-state index in [0.29, 0.717) is 23.7 Å². The Hall–Kier alpha value is -2.34. The highest BCUT2D eigenvalue weighted by Crippen LogP contribution is 2.31. The van der Waals surface area contributed by atoms with Crippen LogP contribution in [-0.2, 0) is 9.59 Å². The van der Waals surface area contributed by atoms with Crippen molar-refractivity contribution >= 4 is 23.2 Å². The van der Waals surface area contributed by atoms with Gasteiger partial charge in [-0.1, -0.05) is 6.08 Å². The zero-order chi connectivity index (χ0) is 14.5. The highest BCUT2D eigenvalue weighted by molar-refractivity contribution is 5.99. The van der Waals surface area contributed by atoms with Crippen molar-refractivity contribution in [3.05, 3.63) is 30.9 Å². The van der Waals surface area contributed by atoms with Gasteiger partial charge in [-0.15, -0.1) is 6.58 Å². The molecule has 1 aliphatic heterocycles. The van der Waals surface area contributed by atoms with E-state index in [2.05, 4.69) is 22.5 Å². The van der Waals surface area contributed by atoms with Crippen molar-refractivity contribution in [3.63, 3.8) is 0 Å². The number of hydrogen-bond donors (Lipinski definition) is 3. The SMILES string of the molecule is C=CCNCC(=O)Nc1ccc2c(c1)NC(=O)C(C)O2. The molecule has 6 heteroatoms. The Morgan fingerprint density at radius 1 is 1.55 bits per heavy atom.